The van der Waals surface area contributed by atoms with Gasteiger partial charge in [0.15, 0.2) is 5.52 Å². The summed E-state index contributed by atoms with van der Waals surface area (Å²) in [5.41, 5.74) is 0.730. The highest BCUT2D eigenvalue weighted by Crippen LogP contribution is 2.26. The summed E-state index contributed by atoms with van der Waals surface area (Å²) in [5, 5.41) is 7.37. The van der Waals surface area contributed by atoms with E-state index in [1.165, 1.54) is 12.5 Å². The third-order valence-corrected chi connectivity index (χ3v) is 5.48. The Morgan fingerprint density at radius 1 is 1.25 bits per heavy atom. The standard InChI is InChI=1S/C13H17N3O3S/c1-9-5-2-3-6-10(9)16-20(17,18)12-8-4-7-11-13(12)15-19-14-11/h4,7-10,16H,2-3,5-6H2,1H3/t9-,10+/m0/s1. The molecule has 1 N–H and O–H groups in total. The lowest BCUT2D eigenvalue weighted by atomic mass is 9.87. The Bertz CT molecular complexity index is 710. The molecular weight excluding hydrogens is 278 g/mol. The van der Waals surface area contributed by atoms with Crippen molar-refractivity contribution >= 4 is 21.1 Å². The van der Waals surface area contributed by atoms with Crippen LogP contribution in [0.2, 0.25) is 0 Å². The van der Waals surface area contributed by atoms with Crippen LogP contribution in [-0.2, 0) is 10.0 Å². The molecule has 1 aromatic carbocycles. The van der Waals surface area contributed by atoms with Gasteiger partial charge in [0.1, 0.15) is 10.4 Å². The predicted molar refractivity (Wildman–Crippen MR) is 73.5 cm³/mol. The summed E-state index contributed by atoms with van der Waals surface area (Å²) in [5.74, 6) is 0.355. The van der Waals surface area contributed by atoms with Gasteiger partial charge in [-0.3, -0.25) is 0 Å². The lowest BCUT2D eigenvalue weighted by Gasteiger charge is -2.29. The molecular formula is C13H17N3O3S. The van der Waals surface area contributed by atoms with Crippen molar-refractivity contribution in [3.8, 4) is 0 Å². The normalized spacial score (nSPS) is 24.1. The number of rotatable bonds is 3. The average Bonchev–Trinajstić information content (AvgIpc) is 2.89. The number of nitrogens with one attached hydrogen (secondary N) is 1. The summed E-state index contributed by atoms with van der Waals surface area (Å²) in [6.07, 6.45) is 4.17. The minimum absolute atomic E-state index is 0.0103. The molecule has 2 aromatic rings. The summed E-state index contributed by atoms with van der Waals surface area (Å²) >= 11 is 0. The van der Waals surface area contributed by atoms with E-state index in [2.05, 4.69) is 26.6 Å². The first kappa shape index (κ1) is 13.5. The van der Waals surface area contributed by atoms with Crippen LogP contribution >= 0.6 is 0 Å². The molecule has 7 heteroatoms. The number of sulfonamides is 1. The molecule has 0 radical (unpaired) electrons. The van der Waals surface area contributed by atoms with E-state index in [1.54, 1.807) is 12.1 Å². The molecule has 1 fully saturated rings. The van der Waals surface area contributed by atoms with Crippen LogP contribution in [0.25, 0.3) is 11.0 Å². The van der Waals surface area contributed by atoms with Gasteiger partial charge >= 0.3 is 0 Å². The Hall–Kier alpha value is -1.47. The van der Waals surface area contributed by atoms with Crippen LogP contribution < -0.4 is 4.72 Å². The molecule has 2 atom stereocenters. The van der Waals surface area contributed by atoms with Gasteiger partial charge in [0.2, 0.25) is 10.0 Å². The van der Waals surface area contributed by atoms with Gasteiger partial charge in [0.25, 0.3) is 0 Å². The monoisotopic (exact) mass is 295 g/mol. The smallest absolute Gasteiger partial charge is 0.243 e. The maximum absolute atomic E-state index is 12.5. The van der Waals surface area contributed by atoms with Gasteiger partial charge in [-0.25, -0.2) is 17.8 Å². The van der Waals surface area contributed by atoms with E-state index in [0.717, 1.165) is 19.3 Å². The van der Waals surface area contributed by atoms with Crippen molar-refractivity contribution in [1.29, 1.82) is 0 Å². The van der Waals surface area contributed by atoms with Crippen molar-refractivity contribution in [2.45, 2.75) is 43.5 Å². The van der Waals surface area contributed by atoms with Gasteiger partial charge in [-0.1, -0.05) is 25.8 Å². The van der Waals surface area contributed by atoms with Gasteiger partial charge < -0.3 is 0 Å². The Morgan fingerprint density at radius 3 is 2.85 bits per heavy atom. The number of fused-ring (bicyclic) bond motifs is 1. The Labute approximate surface area is 117 Å². The lowest BCUT2D eigenvalue weighted by molar-refractivity contribution is 0.310. The topological polar surface area (TPSA) is 85.1 Å². The number of aromatic nitrogens is 2. The zero-order chi connectivity index (χ0) is 14.2. The van der Waals surface area contributed by atoms with Crippen molar-refractivity contribution in [2.24, 2.45) is 5.92 Å². The SMILES string of the molecule is C[C@H]1CCCC[C@H]1NS(=O)(=O)c1cccc2nonc12. The fraction of sp³-hybridized carbons (Fsp3) is 0.538. The zero-order valence-corrected chi connectivity index (χ0v) is 12.1. The highest BCUT2D eigenvalue weighted by Gasteiger charge is 2.28. The highest BCUT2D eigenvalue weighted by atomic mass is 32.2. The van der Waals surface area contributed by atoms with Crippen molar-refractivity contribution in [3.63, 3.8) is 0 Å². The van der Waals surface area contributed by atoms with Crippen LogP contribution in [-0.4, -0.2) is 24.8 Å². The van der Waals surface area contributed by atoms with E-state index in [9.17, 15) is 8.42 Å². The maximum Gasteiger partial charge on any atom is 0.243 e. The van der Waals surface area contributed by atoms with Crippen LogP contribution in [0.5, 0.6) is 0 Å². The van der Waals surface area contributed by atoms with Gasteiger partial charge in [0, 0.05) is 6.04 Å². The van der Waals surface area contributed by atoms with Crippen LogP contribution in [0, 0.1) is 5.92 Å². The van der Waals surface area contributed by atoms with E-state index in [-0.39, 0.29) is 16.5 Å². The molecule has 0 amide bonds. The van der Waals surface area contributed by atoms with E-state index in [0.29, 0.717) is 11.4 Å². The minimum atomic E-state index is -3.60. The molecule has 20 heavy (non-hydrogen) atoms. The quantitative estimate of drug-likeness (QED) is 0.937. The fourth-order valence-electron chi connectivity index (χ4n) is 2.75. The highest BCUT2D eigenvalue weighted by molar-refractivity contribution is 7.89. The summed E-state index contributed by atoms with van der Waals surface area (Å²) in [4.78, 5) is 0.133. The van der Waals surface area contributed by atoms with Gasteiger partial charge in [-0.15, -0.1) is 0 Å². The average molecular weight is 295 g/mol. The minimum Gasteiger partial charge on any atom is -0.243 e. The lowest BCUT2D eigenvalue weighted by Crippen LogP contribution is -2.41. The van der Waals surface area contributed by atoms with E-state index in [1.807, 2.05) is 0 Å². The summed E-state index contributed by atoms with van der Waals surface area (Å²) < 4.78 is 32.5. The first-order valence-electron chi connectivity index (χ1n) is 6.81. The van der Waals surface area contributed by atoms with Crippen molar-refractivity contribution < 1.29 is 13.0 Å². The molecule has 1 heterocycles. The van der Waals surface area contributed by atoms with E-state index >= 15 is 0 Å². The van der Waals surface area contributed by atoms with Gasteiger partial charge in [-0.05, 0) is 41.2 Å². The largest absolute Gasteiger partial charge is 0.243 e. The van der Waals surface area contributed by atoms with Crippen LogP contribution in [0.3, 0.4) is 0 Å². The van der Waals surface area contributed by atoms with E-state index < -0.39 is 10.0 Å². The summed E-state index contributed by atoms with van der Waals surface area (Å²) in [6, 6.07) is 4.84. The molecule has 1 aromatic heterocycles. The Morgan fingerprint density at radius 2 is 2.05 bits per heavy atom. The molecule has 6 nitrogen and oxygen atoms in total. The summed E-state index contributed by atoms with van der Waals surface area (Å²) in [6.45, 7) is 2.09. The number of hydrogen-bond donors (Lipinski definition) is 1. The second-order valence-corrected chi connectivity index (χ2v) is 7.06. The molecule has 3 rings (SSSR count). The van der Waals surface area contributed by atoms with Crippen molar-refractivity contribution in [3.05, 3.63) is 18.2 Å². The molecule has 108 valence electrons. The number of benzene rings is 1. The van der Waals surface area contributed by atoms with Gasteiger partial charge in [0.05, 0.1) is 0 Å². The second kappa shape index (κ2) is 5.14. The molecule has 0 bridgehead atoms. The third-order valence-electron chi connectivity index (χ3n) is 3.96. The summed E-state index contributed by atoms with van der Waals surface area (Å²) in [7, 11) is -3.60. The molecule has 0 spiro atoms. The van der Waals surface area contributed by atoms with E-state index in [4.69, 9.17) is 0 Å². The molecule has 1 aliphatic carbocycles. The first-order valence-corrected chi connectivity index (χ1v) is 8.30. The Kier molecular flexibility index (Phi) is 3.47. The van der Waals surface area contributed by atoms with Crippen LogP contribution in [0.15, 0.2) is 27.7 Å². The number of hydrogen-bond acceptors (Lipinski definition) is 5. The molecule has 1 aliphatic rings. The number of nitrogens with zero attached hydrogens (tertiary/aromatic N) is 2. The Balaban J connectivity index is 1.93. The van der Waals surface area contributed by atoms with Crippen LogP contribution in [0.1, 0.15) is 32.6 Å². The second-order valence-electron chi connectivity index (χ2n) is 5.38. The first-order chi connectivity index (χ1) is 9.58. The van der Waals surface area contributed by atoms with Crippen molar-refractivity contribution in [1.82, 2.24) is 15.0 Å². The maximum atomic E-state index is 12.5. The van der Waals surface area contributed by atoms with Crippen LogP contribution in [0.4, 0.5) is 0 Å². The van der Waals surface area contributed by atoms with Gasteiger partial charge in [-0.2, -0.15) is 0 Å². The molecule has 0 aliphatic heterocycles. The van der Waals surface area contributed by atoms with Crippen molar-refractivity contribution in [2.75, 3.05) is 0 Å². The molecule has 0 unspecified atom stereocenters. The zero-order valence-electron chi connectivity index (χ0n) is 11.2. The fourth-order valence-corrected chi connectivity index (χ4v) is 4.28. The molecule has 0 saturated heterocycles. The molecule has 1 saturated carbocycles. The predicted octanol–water partition coefficient (Wildman–Crippen LogP) is 2.08. The third kappa shape index (κ3) is 2.43.